The largest absolute Gasteiger partial charge is 0.103 e. The molecule has 3 rings (SSSR count). The van der Waals surface area contributed by atoms with Gasteiger partial charge in [0.2, 0.25) is 0 Å². The third-order valence-electron chi connectivity index (χ3n) is 6.71. The number of benzene rings is 1. The van der Waals surface area contributed by atoms with Gasteiger partial charge in [-0.3, -0.25) is 0 Å². The average molecular weight is 323 g/mol. The number of allylic oxidation sites excluding steroid dienone is 2. The van der Waals surface area contributed by atoms with Gasteiger partial charge in [0.15, 0.2) is 0 Å². The monoisotopic (exact) mass is 322 g/mol. The van der Waals surface area contributed by atoms with Crippen LogP contribution in [0.1, 0.15) is 85.5 Å². The zero-order valence-electron chi connectivity index (χ0n) is 15.7. The first-order valence-electron chi connectivity index (χ1n) is 9.98. The van der Waals surface area contributed by atoms with Crippen molar-refractivity contribution in [3.8, 4) is 0 Å². The summed E-state index contributed by atoms with van der Waals surface area (Å²) in [7, 11) is 0. The zero-order valence-corrected chi connectivity index (χ0v) is 15.7. The van der Waals surface area contributed by atoms with Gasteiger partial charge in [0.05, 0.1) is 0 Å². The van der Waals surface area contributed by atoms with Crippen LogP contribution in [-0.4, -0.2) is 0 Å². The third-order valence-corrected chi connectivity index (χ3v) is 6.71. The molecule has 0 bridgehead atoms. The molecule has 0 radical (unpaired) electrons. The summed E-state index contributed by atoms with van der Waals surface area (Å²) in [5.41, 5.74) is 6.33. The topological polar surface area (TPSA) is 0 Å². The summed E-state index contributed by atoms with van der Waals surface area (Å²) in [5.74, 6) is 3.04. The Kier molecular flexibility index (Phi) is 5.64. The zero-order chi connectivity index (χ0) is 17.1. The van der Waals surface area contributed by atoms with Crippen LogP contribution in [0.3, 0.4) is 0 Å². The number of aryl methyl sites for hydroxylation is 2. The highest BCUT2D eigenvalue weighted by atomic mass is 14.3. The molecule has 2 fully saturated rings. The molecule has 0 nitrogen and oxygen atoms in total. The molecule has 0 N–H and O–H groups in total. The predicted octanol–water partition coefficient (Wildman–Crippen LogP) is 7.22. The molecular formula is C24H34. The summed E-state index contributed by atoms with van der Waals surface area (Å²) < 4.78 is 0. The Morgan fingerprint density at radius 2 is 1.12 bits per heavy atom. The summed E-state index contributed by atoms with van der Waals surface area (Å²) >= 11 is 0. The smallest absolute Gasteiger partial charge is 0.0156 e. The van der Waals surface area contributed by atoms with E-state index in [2.05, 4.69) is 51.3 Å². The lowest BCUT2D eigenvalue weighted by Crippen LogP contribution is -2.15. The van der Waals surface area contributed by atoms with Crippen LogP contribution in [-0.2, 0) is 0 Å². The molecule has 0 heteroatoms. The van der Waals surface area contributed by atoms with Crippen LogP contribution >= 0.6 is 0 Å². The molecule has 24 heavy (non-hydrogen) atoms. The second kappa shape index (κ2) is 7.72. The lowest BCUT2D eigenvalue weighted by molar-refractivity contribution is 0.371. The fourth-order valence-corrected chi connectivity index (χ4v) is 5.22. The SMILES string of the molecule is C=CC1CCC(c2cc(C)c(C3CCC(C=C)CC3)c(C)c2)CC1. The van der Waals surface area contributed by atoms with Crippen LogP contribution in [0.2, 0.25) is 0 Å². The molecule has 2 aliphatic rings. The molecule has 0 saturated heterocycles. The van der Waals surface area contributed by atoms with Crippen molar-refractivity contribution in [1.29, 1.82) is 0 Å². The van der Waals surface area contributed by atoms with Gasteiger partial charge in [-0.25, -0.2) is 0 Å². The number of hydrogen-bond acceptors (Lipinski definition) is 0. The van der Waals surface area contributed by atoms with Gasteiger partial charge >= 0.3 is 0 Å². The van der Waals surface area contributed by atoms with Crippen molar-refractivity contribution in [2.45, 2.75) is 77.0 Å². The maximum atomic E-state index is 3.99. The fourth-order valence-electron chi connectivity index (χ4n) is 5.22. The molecule has 1 aromatic rings. The maximum absolute atomic E-state index is 3.99. The summed E-state index contributed by atoms with van der Waals surface area (Å²) in [6, 6.07) is 5.03. The van der Waals surface area contributed by atoms with Crippen LogP contribution in [0.4, 0.5) is 0 Å². The van der Waals surface area contributed by atoms with Gasteiger partial charge in [0.1, 0.15) is 0 Å². The highest BCUT2D eigenvalue weighted by Gasteiger charge is 2.25. The summed E-state index contributed by atoms with van der Waals surface area (Å²) in [5, 5.41) is 0. The Labute approximate surface area is 149 Å². The van der Waals surface area contributed by atoms with Gasteiger partial charge in [0.25, 0.3) is 0 Å². The van der Waals surface area contributed by atoms with E-state index in [1.807, 2.05) is 0 Å². The van der Waals surface area contributed by atoms with E-state index in [-0.39, 0.29) is 0 Å². The van der Waals surface area contributed by atoms with Crippen molar-refractivity contribution in [2.24, 2.45) is 11.8 Å². The minimum absolute atomic E-state index is 0.751. The van der Waals surface area contributed by atoms with Crippen molar-refractivity contribution < 1.29 is 0 Å². The van der Waals surface area contributed by atoms with Crippen LogP contribution in [0.25, 0.3) is 0 Å². The maximum Gasteiger partial charge on any atom is -0.0156 e. The van der Waals surface area contributed by atoms with Crippen LogP contribution in [0, 0.1) is 25.7 Å². The second-order valence-electron chi connectivity index (χ2n) is 8.26. The molecule has 1 aromatic carbocycles. The van der Waals surface area contributed by atoms with Gasteiger partial charge in [-0.2, -0.15) is 0 Å². The molecular weight excluding hydrogens is 288 g/mol. The first-order chi connectivity index (χ1) is 11.6. The van der Waals surface area contributed by atoms with Crippen molar-refractivity contribution in [3.05, 3.63) is 59.7 Å². The highest BCUT2D eigenvalue weighted by molar-refractivity contribution is 5.42. The highest BCUT2D eigenvalue weighted by Crippen LogP contribution is 2.42. The van der Waals surface area contributed by atoms with Gasteiger partial charge in [-0.05, 0) is 111 Å². The lowest BCUT2D eigenvalue weighted by Gasteiger charge is -2.31. The number of hydrogen-bond donors (Lipinski definition) is 0. The molecule has 0 aliphatic heterocycles. The van der Waals surface area contributed by atoms with E-state index < -0.39 is 0 Å². The molecule has 2 saturated carbocycles. The number of rotatable bonds is 4. The van der Waals surface area contributed by atoms with Gasteiger partial charge < -0.3 is 0 Å². The molecule has 0 atom stereocenters. The van der Waals surface area contributed by atoms with Crippen molar-refractivity contribution in [3.63, 3.8) is 0 Å². The van der Waals surface area contributed by atoms with Gasteiger partial charge in [-0.15, -0.1) is 13.2 Å². The van der Waals surface area contributed by atoms with Crippen LogP contribution < -0.4 is 0 Å². The Bertz CT molecular complexity index is 555. The molecule has 0 spiro atoms. The van der Waals surface area contributed by atoms with E-state index in [0.717, 1.165) is 23.7 Å². The Morgan fingerprint density at radius 3 is 1.54 bits per heavy atom. The molecule has 0 unspecified atom stereocenters. The normalized spacial score (nSPS) is 30.8. The second-order valence-corrected chi connectivity index (χ2v) is 8.26. The van der Waals surface area contributed by atoms with E-state index in [1.165, 1.54) is 62.5 Å². The van der Waals surface area contributed by atoms with E-state index in [4.69, 9.17) is 0 Å². The van der Waals surface area contributed by atoms with Crippen LogP contribution in [0.5, 0.6) is 0 Å². The summed E-state index contributed by atoms with van der Waals surface area (Å²) in [6.07, 6.45) is 14.9. The first-order valence-corrected chi connectivity index (χ1v) is 9.98. The summed E-state index contributed by atoms with van der Waals surface area (Å²) in [4.78, 5) is 0. The quantitative estimate of drug-likeness (QED) is 0.513. The fraction of sp³-hybridized carbons (Fsp3) is 0.583. The van der Waals surface area contributed by atoms with Crippen molar-refractivity contribution in [1.82, 2.24) is 0 Å². The van der Waals surface area contributed by atoms with E-state index in [0.29, 0.717) is 0 Å². The Balaban J connectivity index is 1.74. The average Bonchev–Trinajstić information content (AvgIpc) is 2.61. The molecule has 2 aliphatic carbocycles. The summed E-state index contributed by atoms with van der Waals surface area (Å²) in [6.45, 7) is 12.7. The standard InChI is InChI=1S/C24H34/c1-5-19-7-11-21(12-8-19)23-15-17(3)24(18(4)16-23)22-13-9-20(6-2)10-14-22/h5-6,15-16,19-22H,1-2,7-14H2,3-4H3. The van der Waals surface area contributed by atoms with E-state index in [9.17, 15) is 0 Å². The molecule has 0 amide bonds. The van der Waals surface area contributed by atoms with Gasteiger partial charge in [0, 0.05) is 0 Å². The third kappa shape index (κ3) is 3.68. The van der Waals surface area contributed by atoms with Crippen molar-refractivity contribution >= 4 is 0 Å². The molecule has 0 aromatic heterocycles. The Hall–Kier alpha value is -1.30. The minimum Gasteiger partial charge on any atom is -0.103 e. The molecule has 0 heterocycles. The van der Waals surface area contributed by atoms with Gasteiger partial charge in [-0.1, -0.05) is 24.3 Å². The predicted molar refractivity (Wildman–Crippen MR) is 106 cm³/mol. The molecule has 130 valence electrons. The van der Waals surface area contributed by atoms with Crippen LogP contribution in [0.15, 0.2) is 37.4 Å². The van der Waals surface area contributed by atoms with Crippen molar-refractivity contribution in [2.75, 3.05) is 0 Å². The Morgan fingerprint density at radius 1 is 0.708 bits per heavy atom. The lowest BCUT2D eigenvalue weighted by atomic mass is 9.74. The van der Waals surface area contributed by atoms with E-state index >= 15 is 0 Å². The van der Waals surface area contributed by atoms with E-state index in [1.54, 1.807) is 11.1 Å². The minimum atomic E-state index is 0.751. The first kappa shape index (κ1) is 17.5.